The Hall–Kier alpha value is -3.56. The quantitative estimate of drug-likeness (QED) is 0.138. The highest BCUT2D eigenvalue weighted by Gasteiger charge is 2.22. The average Bonchev–Trinajstić information content (AvgIpc) is 3.61. The van der Waals surface area contributed by atoms with Crippen molar-refractivity contribution in [3.63, 3.8) is 0 Å². The van der Waals surface area contributed by atoms with E-state index in [1.165, 1.54) is 42.7 Å². The van der Waals surface area contributed by atoms with Gasteiger partial charge in [0.15, 0.2) is 0 Å². The van der Waals surface area contributed by atoms with Crippen molar-refractivity contribution in [2.24, 2.45) is 11.8 Å². The molecule has 3 aromatic heterocycles. The second kappa shape index (κ2) is 14.1. The second-order valence-corrected chi connectivity index (χ2v) is 14.7. The molecule has 0 saturated carbocycles. The molecule has 0 atom stereocenters. The normalized spacial score (nSPS) is 14.4. The molecule has 5 aromatic rings. The van der Waals surface area contributed by atoms with E-state index in [1.54, 1.807) is 16.5 Å². The molecular weight excluding hydrogens is 598 g/mol. The predicted octanol–water partition coefficient (Wildman–Crippen LogP) is 8.08. The number of aromatic nitrogens is 3. The fourth-order valence-corrected chi connectivity index (χ4v) is 7.51. The molecule has 6 rings (SSSR count). The van der Waals surface area contributed by atoms with Crippen LogP contribution < -0.4 is 5.56 Å². The number of hydrogen-bond donors (Lipinski definition) is 0. The topological polar surface area (TPSA) is 62.9 Å². The third-order valence-electron chi connectivity index (χ3n) is 9.20. The maximum absolute atomic E-state index is 14.1. The Labute approximate surface area is 274 Å². The van der Waals surface area contributed by atoms with Crippen LogP contribution in [0.4, 0.5) is 4.39 Å². The number of piperidine rings is 1. The van der Waals surface area contributed by atoms with Gasteiger partial charge in [-0.05, 0) is 106 Å². The van der Waals surface area contributed by atoms with Gasteiger partial charge in [-0.2, -0.15) is 0 Å². The lowest BCUT2D eigenvalue weighted by molar-refractivity contribution is 0.0741. The van der Waals surface area contributed by atoms with Crippen LogP contribution in [0.1, 0.15) is 76.6 Å². The molecule has 244 valence electrons. The van der Waals surface area contributed by atoms with Gasteiger partial charge in [0, 0.05) is 30.1 Å². The van der Waals surface area contributed by atoms with Crippen molar-refractivity contribution < 1.29 is 9.18 Å². The standard InChI is InChI=1S/C37H46FN5O2S/c1-25(2)15-21-41(22-16-26(3)4)35(44)28-11-14-31-32(23-28)42(20-8-19-40-17-6-5-7-18-40)37-39-30-24-33(27-9-12-29(38)13-10-27)46-34(30)36(45)43(31)37/h9-14,23-26H,5-8,15-22H2,1-4H3. The number of aryl methyl sites for hydroxylation is 1. The van der Waals surface area contributed by atoms with Crippen molar-refractivity contribution in [1.82, 2.24) is 23.8 Å². The molecular formula is C37H46FN5O2S. The average molecular weight is 644 g/mol. The van der Waals surface area contributed by atoms with E-state index < -0.39 is 0 Å². The predicted molar refractivity (Wildman–Crippen MR) is 187 cm³/mol. The number of fused-ring (bicyclic) bond motifs is 4. The molecule has 0 bridgehead atoms. The lowest BCUT2D eigenvalue weighted by Crippen LogP contribution is -2.34. The van der Waals surface area contributed by atoms with Crippen molar-refractivity contribution in [3.8, 4) is 10.4 Å². The van der Waals surface area contributed by atoms with E-state index in [0.717, 1.165) is 73.5 Å². The van der Waals surface area contributed by atoms with Crippen molar-refractivity contribution in [2.75, 3.05) is 32.7 Å². The Bertz CT molecular complexity index is 1870. The highest BCUT2D eigenvalue weighted by Crippen LogP contribution is 2.32. The number of benzene rings is 2. The Morgan fingerprint density at radius 1 is 0.913 bits per heavy atom. The van der Waals surface area contributed by atoms with E-state index in [1.807, 2.05) is 29.2 Å². The largest absolute Gasteiger partial charge is 0.339 e. The highest BCUT2D eigenvalue weighted by molar-refractivity contribution is 7.22. The minimum atomic E-state index is -0.292. The first-order valence-electron chi connectivity index (χ1n) is 17.0. The zero-order valence-corrected chi connectivity index (χ0v) is 28.4. The van der Waals surface area contributed by atoms with Crippen molar-refractivity contribution in [2.45, 2.75) is 72.8 Å². The van der Waals surface area contributed by atoms with Gasteiger partial charge in [-0.25, -0.2) is 13.8 Å². The summed E-state index contributed by atoms with van der Waals surface area (Å²) in [5.74, 6) is 1.36. The van der Waals surface area contributed by atoms with Crippen LogP contribution in [0.15, 0.2) is 53.3 Å². The number of thiophene rings is 1. The molecule has 0 spiro atoms. The summed E-state index contributed by atoms with van der Waals surface area (Å²) < 4.78 is 18.0. The maximum Gasteiger partial charge on any atom is 0.277 e. The molecule has 0 aliphatic carbocycles. The van der Waals surface area contributed by atoms with Gasteiger partial charge in [0.1, 0.15) is 10.5 Å². The maximum atomic E-state index is 14.1. The number of carbonyl (C=O) groups is 1. The summed E-state index contributed by atoms with van der Waals surface area (Å²) in [5.41, 5.74) is 3.64. The van der Waals surface area contributed by atoms with Crippen LogP contribution in [0.3, 0.4) is 0 Å². The minimum absolute atomic E-state index is 0.0403. The van der Waals surface area contributed by atoms with Gasteiger partial charge in [0.05, 0.1) is 16.6 Å². The summed E-state index contributed by atoms with van der Waals surface area (Å²) in [5, 5.41) is 0. The molecule has 1 aliphatic heterocycles. The van der Waals surface area contributed by atoms with E-state index in [4.69, 9.17) is 4.98 Å². The smallest absolute Gasteiger partial charge is 0.277 e. The number of imidazole rings is 1. The lowest BCUT2D eigenvalue weighted by Gasteiger charge is -2.26. The summed E-state index contributed by atoms with van der Waals surface area (Å²) in [6, 6.07) is 14.0. The van der Waals surface area contributed by atoms with Gasteiger partial charge in [0.2, 0.25) is 5.78 Å². The van der Waals surface area contributed by atoms with Crippen LogP contribution in [-0.2, 0) is 6.54 Å². The molecule has 0 N–H and O–H groups in total. The zero-order valence-electron chi connectivity index (χ0n) is 27.6. The van der Waals surface area contributed by atoms with E-state index in [-0.39, 0.29) is 17.3 Å². The first kappa shape index (κ1) is 32.4. The Kier molecular flexibility index (Phi) is 9.89. The van der Waals surface area contributed by atoms with Gasteiger partial charge in [-0.3, -0.25) is 9.59 Å². The Balaban J connectivity index is 1.43. The summed E-state index contributed by atoms with van der Waals surface area (Å²) in [6.07, 6.45) is 6.63. The molecule has 7 nitrogen and oxygen atoms in total. The van der Waals surface area contributed by atoms with Gasteiger partial charge in [0.25, 0.3) is 11.5 Å². The fraction of sp³-hybridized carbons (Fsp3) is 0.486. The number of amides is 1. The third-order valence-corrected chi connectivity index (χ3v) is 10.4. The zero-order chi connectivity index (χ0) is 32.4. The second-order valence-electron chi connectivity index (χ2n) is 13.7. The first-order chi connectivity index (χ1) is 22.2. The molecule has 1 saturated heterocycles. The van der Waals surface area contributed by atoms with Crippen molar-refractivity contribution in [1.29, 1.82) is 0 Å². The Morgan fingerprint density at radius 3 is 2.28 bits per heavy atom. The van der Waals surface area contributed by atoms with Crippen LogP contribution in [0.2, 0.25) is 0 Å². The number of carbonyl (C=O) groups excluding carboxylic acids is 1. The number of halogens is 1. The lowest BCUT2D eigenvalue weighted by atomic mass is 10.1. The van der Waals surface area contributed by atoms with Gasteiger partial charge in [-0.1, -0.05) is 46.2 Å². The van der Waals surface area contributed by atoms with Gasteiger partial charge in [-0.15, -0.1) is 11.3 Å². The number of likely N-dealkylation sites (tertiary alicyclic amines) is 1. The van der Waals surface area contributed by atoms with Crippen molar-refractivity contribution >= 4 is 44.3 Å². The first-order valence-corrected chi connectivity index (χ1v) is 17.8. The van der Waals surface area contributed by atoms with Crippen LogP contribution in [0.5, 0.6) is 0 Å². The van der Waals surface area contributed by atoms with Crippen LogP contribution in [0.25, 0.3) is 37.5 Å². The monoisotopic (exact) mass is 643 g/mol. The molecule has 1 fully saturated rings. The van der Waals surface area contributed by atoms with Gasteiger partial charge >= 0.3 is 0 Å². The molecule has 46 heavy (non-hydrogen) atoms. The molecule has 1 aliphatic rings. The molecule has 4 heterocycles. The molecule has 1 amide bonds. The van der Waals surface area contributed by atoms with Crippen molar-refractivity contribution in [3.05, 3.63) is 70.3 Å². The molecule has 2 aromatic carbocycles. The SMILES string of the molecule is CC(C)CCN(CCC(C)C)C(=O)c1ccc2c(c1)n(CCCN1CCCCC1)c1nc3cc(-c4ccc(F)cc4)sc3c(=O)n21. The number of rotatable bonds is 12. The summed E-state index contributed by atoms with van der Waals surface area (Å²) in [7, 11) is 0. The number of hydrogen-bond acceptors (Lipinski definition) is 5. The third kappa shape index (κ3) is 6.91. The van der Waals surface area contributed by atoms with Crippen LogP contribution in [0, 0.1) is 17.7 Å². The summed E-state index contributed by atoms with van der Waals surface area (Å²) in [6.45, 7) is 14.2. The van der Waals surface area contributed by atoms with E-state index in [9.17, 15) is 14.0 Å². The van der Waals surface area contributed by atoms with E-state index in [2.05, 4.69) is 37.2 Å². The summed E-state index contributed by atoms with van der Waals surface area (Å²) in [4.78, 5) is 38.6. The molecule has 0 radical (unpaired) electrons. The molecule has 9 heteroatoms. The minimum Gasteiger partial charge on any atom is -0.339 e. The van der Waals surface area contributed by atoms with Gasteiger partial charge < -0.3 is 14.4 Å². The summed E-state index contributed by atoms with van der Waals surface area (Å²) >= 11 is 1.38. The van der Waals surface area contributed by atoms with E-state index in [0.29, 0.717) is 39.9 Å². The van der Waals surface area contributed by atoms with E-state index >= 15 is 0 Å². The Morgan fingerprint density at radius 2 is 1.61 bits per heavy atom. The highest BCUT2D eigenvalue weighted by atomic mass is 32.1. The molecule has 0 unspecified atom stereocenters. The van der Waals surface area contributed by atoms with Crippen LogP contribution in [-0.4, -0.2) is 62.4 Å². The number of nitrogens with zero attached hydrogens (tertiary/aromatic N) is 5. The van der Waals surface area contributed by atoms with Crippen LogP contribution >= 0.6 is 11.3 Å². The fourth-order valence-electron chi connectivity index (χ4n) is 6.47.